The number of aromatic nitrogens is 5. The zero-order valence-corrected chi connectivity index (χ0v) is 54.4. The predicted molar refractivity (Wildman–Crippen MR) is 356 cm³/mol. The number of aliphatic hydroxyl groups is 2. The third kappa shape index (κ3) is 18.9. The topological polar surface area (TPSA) is 396 Å². The Morgan fingerprint density at radius 3 is 1.31 bits per heavy atom. The molecule has 3 heterocycles. The molecule has 0 atom stereocenters. The van der Waals surface area contributed by atoms with Gasteiger partial charge < -0.3 is 55.7 Å². The highest BCUT2D eigenvalue weighted by Crippen LogP contribution is 2.44. The molecule has 4 aromatic carbocycles. The van der Waals surface area contributed by atoms with E-state index in [-0.39, 0.29) is 112 Å². The number of nitriles is 2. The first-order chi connectivity index (χ1) is 44.7. The number of benzene rings is 4. The number of azo groups is 2. The van der Waals surface area contributed by atoms with E-state index in [4.69, 9.17) is 37.6 Å². The summed E-state index contributed by atoms with van der Waals surface area (Å²) < 4.78 is 77.1. The monoisotopic (exact) mass is 1340 g/mol. The number of methoxy groups -OCH3 is 2. The van der Waals surface area contributed by atoms with Gasteiger partial charge in [-0.05, 0) is 100 Å². The minimum atomic E-state index is -4.39. The maximum absolute atomic E-state index is 11.6. The summed E-state index contributed by atoms with van der Waals surface area (Å²) in [5.41, 5.74) is 3.42. The second-order valence-electron chi connectivity index (χ2n) is 19.3. The highest BCUT2D eigenvalue weighted by atomic mass is 32.2. The van der Waals surface area contributed by atoms with Crippen LogP contribution in [0.25, 0.3) is 21.8 Å². The van der Waals surface area contributed by atoms with E-state index >= 15 is 0 Å². The molecule has 0 saturated carbocycles. The van der Waals surface area contributed by atoms with Crippen LogP contribution in [0.4, 0.5) is 73.9 Å². The normalized spacial score (nSPS) is 11.8. The number of allylic oxidation sites excluding steroid dienone is 2. The zero-order valence-electron chi connectivity index (χ0n) is 51.1. The van der Waals surface area contributed by atoms with Crippen molar-refractivity contribution in [3.05, 3.63) is 128 Å². The lowest BCUT2D eigenvalue weighted by molar-refractivity contribution is 0.280. The summed E-state index contributed by atoms with van der Waals surface area (Å²) in [5.74, 6) is 1.37. The Morgan fingerprint density at radius 1 is 0.602 bits per heavy atom. The van der Waals surface area contributed by atoms with E-state index in [0.29, 0.717) is 83.0 Å². The van der Waals surface area contributed by atoms with E-state index in [1.165, 1.54) is 50.6 Å². The minimum absolute atomic E-state index is 0.00112. The Morgan fingerprint density at radius 2 is 0.989 bits per heavy atom. The largest absolute Gasteiger partial charge is 0.494 e. The van der Waals surface area contributed by atoms with Crippen LogP contribution in [0.5, 0.6) is 11.5 Å². The molecule has 0 aliphatic rings. The van der Waals surface area contributed by atoms with Crippen LogP contribution in [0.1, 0.15) is 48.6 Å². The summed E-state index contributed by atoms with van der Waals surface area (Å²) in [5, 5.41) is 71.5. The first kappa shape index (κ1) is 70.2. The van der Waals surface area contributed by atoms with Gasteiger partial charge >= 0.3 is 0 Å². The van der Waals surface area contributed by atoms with Gasteiger partial charge in [-0.3, -0.25) is 9.11 Å². The van der Waals surface area contributed by atoms with E-state index in [1.54, 1.807) is 53.4 Å². The quantitative estimate of drug-likeness (QED) is 0.00820. The Kier molecular flexibility index (Phi) is 25.0. The lowest BCUT2D eigenvalue weighted by Gasteiger charge is -2.25. The van der Waals surface area contributed by atoms with Crippen molar-refractivity contribution >= 4 is 129 Å². The van der Waals surface area contributed by atoms with Gasteiger partial charge in [0, 0.05) is 64.5 Å². The maximum Gasteiger partial charge on any atom is 0.294 e. The standard InChI is InChI=1S/C59H64N20O10S4/c1-9-77(10-2)47-31-43(45(33-49(47)88-7)73-75-58-68-53(51(90-58)29-39(35-60)62-5)64-23-21-37-13-17-41(18-14-37)92(82,83)84)66-55-70-56(72-57(71-55)79(25-27-80)26-28-81)67-44-32-48(78(11-3)12-4)50(89-8)34-46(44)74-76-59-69-54(52(91-59)30-40(36-61)63-6)65-24-22-38-15-19-42(20-16-38)93(85,86)87/h13-20,29-34,64-65,80-81H,9-12,21-28H2,1-4,7-8H3,(H,82,83,84)(H,85,86,87)(H2,66,67,70,71,72)/b39-29-,40-30+,75-73+,76-74+. The molecule has 0 aliphatic carbocycles. The van der Waals surface area contributed by atoms with Gasteiger partial charge in [-0.15, -0.1) is 20.5 Å². The van der Waals surface area contributed by atoms with E-state index in [2.05, 4.69) is 71.2 Å². The molecule has 0 unspecified atom stereocenters. The lowest BCUT2D eigenvalue weighted by atomic mass is 10.1. The fourth-order valence-electron chi connectivity index (χ4n) is 8.95. The highest BCUT2D eigenvalue weighted by molar-refractivity contribution is 7.86. The molecular weight excluding hydrogens is 1280 g/mol. The van der Waals surface area contributed by atoms with Gasteiger partial charge in [0.2, 0.25) is 28.1 Å². The van der Waals surface area contributed by atoms with Crippen molar-refractivity contribution in [3.8, 4) is 23.6 Å². The van der Waals surface area contributed by atoms with Gasteiger partial charge in [0.15, 0.2) is 0 Å². The van der Waals surface area contributed by atoms with Gasteiger partial charge in [0.05, 0.1) is 95.0 Å². The molecule has 0 spiro atoms. The summed E-state index contributed by atoms with van der Waals surface area (Å²) >= 11 is 2.08. The second kappa shape index (κ2) is 33.2. The number of rotatable bonds is 33. The van der Waals surface area contributed by atoms with Gasteiger partial charge in [-0.1, -0.05) is 46.9 Å². The molecule has 30 nitrogen and oxygen atoms in total. The Labute approximate surface area is 545 Å². The molecule has 0 saturated heterocycles. The third-order valence-corrected chi connectivity index (χ3v) is 17.1. The van der Waals surface area contributed by atoms with E-state index in [1.807, 2.05) is 39.8 Å². The Balaban J connectivity index is 1.30. The van der Waals surface area contributed by atoms with Crippen molar-refractivity contribution in [1.29, 1.82) is 10.5 Å². The van der Waals surface area contributed by atoms with Crippen LogP contribution >= 0.6 is 22.7 Å². The molecule has 484 valence electrons. The van der Waals surface area contributed by atoms with Gasteiger partial charge in [-0.25, -0.2) is 20.2 Å². The second-order valence-corrected chi connectivity index (χ2v) is 24.2. The van der Waals surface area contributed by atoms with Crippen molar-refractivity contribution in [2.24, 2.45) is 20.5 Å². The molecule has 0 radical (unpaired) electrons. The summed E-state index contributed by atoms with van der Waals surface area (Å²) in [6.45, 7) is 25.2. The van der Waals surface area contributed by atoms with Crippen molar-refractivity contribution < 1.29 is 45.6 Å². The van der Waals surface area contributed by atoms with Crippen LogP contribution in [0.15, 0.2) is 114 Å². The van der Waals surface area contributed by atoms with Crippen molar-refractivity contribution in [2.75, 3.05) is 116 Å². The lowest BCUT2D eigenvalue weighted by Crippen LogP contribution is -2.31. The number of hydrogen-bond acceptors (Lipinski definition) is 28. The molecule has 7 rings (SSSR count). The summed E-state index contributed by atoms with van der Waals surface area (Å²) in [4.78, 5) is 36.3. The van der Waals surface area contributed by atoms with Crippen molar-refractivity contribution in [1.82, 2.24) is 24.9 Å². The van der Waals surface area contributed by atoms with Crippen molar-refractivity contribution in [2.45, 2.75) is 50.3 Å². The van der Waals surface area contributed by atoms with Crippen LogP contribution in [-0.2, 0) is 33.1 Å². The number of aliphatic hydroxyl groups excluding tert-OH is 2. The average Bonchev–Trinajstić information content (AvgIpc) is 1.73. The van der Waals surface area contributed by atoms with Crippen LogP contribution < -0.4 is 45.4 Å². The molecule has 93 heavy (non-hydrogen) atoms. The molecule has 0 aliphatic heterocycles. The summed E-state index contributed by atoms with van der Waals surface area (Å²) in [6.07, 6.45) is 3.52. The fraction of sp³-hybridized carbons (Fsp3) is 0.305. The number of hydrogen-bond donors (Lipinski definition) is 8. The van der Waals surface area contributed by atoms with Crippen LogP contribution in [0.2, 0.25) is 0 Å². The van der Waals surface area contributed by atoms with E-state index < -0.39 is 20.2 Å². The van der Waals surface area contributed by atoms with Crippen molar-refractivity contribution in [3.63, 3.8) is 0 Å². The predicted octanol–water partition coefficient (Wildman–Crippen LogP) is 11.0. The third-order valence-electron chi connectivity index (χ3n) is 13.6. The molecule has 34 heteroatoms. The molecule has 7 aromatic rings. The average molecular weight is 1340 g/mol. The highest BCUT2D eigenvalue weighted by Gasteiger charge is 2.23. The van der Waals surface area contributed by atoms with Gasteiger partial charge in [-0.2, -0.15) is 41.8 Å². The number of anilines is 9. The summed E-state index contributed by atoms with van der Waals surface area (Å²) in [7, 11) is -5.75. The molecule has 8 N–H and O–H groups in total. The molecule has 0 fully saturated rings. The van der Waals surface area contributed by atoms with Gasteiger partial charge in [0.1, 0.15) is 34.5 Å². The number of ether oxygens (including phenoxy) is 2. The fourth-order valence-corrected chi connectivity index (χ4v) is 11.5. The molecule has 3 aromatic heterocycles. The summed E-state index contributed by atoms with van der Waals surface area (Å²) in [6, 6.07) is 22.0. The van der Waals surface area contributed by atoms with Crippen LogP contribution in [0.3, 0.4) is 0 Å². The van der Waals surface area contributed by atoms with Crippen LogP contribution in [-0.4, -0.2) is 141 Å². The number of thiazole rings is 2. The maximum atomic E-state index is 11.6. The Hall–Kier alpha value is -10.3. The first-order valence-electron chi connectivity index (χ1n) is 28.4. The van der Waals surface area contributed by atoms with E-state index in [0.717, 1.165) is 33.8 Å². The zero-order chi connectivity index (χ0) is 67.2. The SMILES string of the molecule is [C-]#[N+]/C(C#N)=C\c1sc(/N=N/c2cc(OC)c(N(CC)CC)cc2Nc2nc(Nc3cc(N(CC)CC)c(OC)cc3/N=N/c3nc(NCCc4ccc(S(=O)(=O)O)cc4)c(/C=C(\C#N)[N+]#[C-])s3)nc(N(CCO)CCO)n2)nc1NCCc1ccc(S(=O)(=O)O)cc1. The van der Waals surface area contributed by atoms with Gasteiger partial charge in [0.25, 0.3) is 31.6 Å². The molecular formula is C59H64N20O10S4. The smallest absolute Gasteiger partial charge is 0.294 e. The molecule has 0 bridgehead atoms. The first-order valence-corrected chi connectivity index (χ1v) is 32.9. The molecule has 0 amide bonds. The van der Waals surface area contributed by atoms with Crippen LogP contribution in [0, 0.1) is 35.8 Å². The Bertz CT molecular complexity index is 4020. The minimum Gasteiger partial charge on any atom is -0.494 e. The number of nitrogens with one attached hydrogen (secondary N) is 4. The number of nitrogens with zero attached hydrogens (tertiary/aromatic N) is 16. The van der Waals surface area contributed by atoms with E-state index in [9.17, 15) is 46.7 Å².